The summed E-state index contributed by atoms with van der Waals surface area (Å²) in [6, 6.07) is 5.76. The number of aromatic nitrogens is 2. The fraction of sp³-hybridized carbons (Fsp3) is 0.111. The van der Waals surface area contributed by atoms with Gasteiger partial charge in [0, 0.05) is 10.6 Å². The van der Waals surface area contributed by atoms with E-state index in [1.54, 1.807) is 0 Å². The van der Waals surface area contributed by atoms with E-state index in [4.69, 9.17) is 17.3 Å². The number of nitrogens with two attached hydrogens (primary N) is 1. The molecule has 0 saturated heterocycles. The number of anilines is 1. The third kappa shape index (κ3) is 1.86. The van der Waals surface area contributed by atoms with Gasteiger partial charge in [0.25, 0.3) is 0 Å². The highest BCUT2D eigenvalue weighted by Gasteiger charge is 2.05. The van der Waals surface area contributed by atoms with Crippen molar-refractivity contribution < 1.29 is 0 Å². The molecule has 72 valence electrons. The quantitative estimate of drug-likeness (QED) is 0.812. The van der Waals surface area contributed by atoms with E-state index in [0.29, 0.717) is 10.2 Å². The molecule has 0 fully saturated rings. The lowest BCUT2D eigenvalue weighted by Crippen LogP contribution is -1.81. The number of halogens is 1. The summed E-state index contributed by atoms with van der Waals surface area (Å²) in [6.07, 6.45) is 0. The van der Waals surface area contributed by atoms with Gasteiger partial charge >= 0.3 is 0 Å². The second-order valence-corrected chi connectivity index (χ2v) is 4.41. The van der Waals surface area contributed by atoms with Gasteiger partial charge < -0.3 is 5.73 Å². The lowest BCUT2D eigenvalue weighted by Gasteiger charge is -1.98. The minimum atomic E-state index is 0.470. The smallest absolute Gasteiger partial charge is 0.203 e. The normalized spacial score (nSPS) is 10.4. The van der Waals surface area contributed by atoms with Gasteiger partial charge in [0.1, 0.15) is 5.01 Å². The Balaban J connectivity index is 2.51. The molecule has 5 heteroatoms. The monoisotopic (exact) mass is 225 g/mol. The van der Waals surface area contributed by atoms with Crippen LogP contribution in [0.4, 0.5) is 5.13 Å². The van der Waals surface area contributed by atoms with Gasteiger partial charge in [-0.2, -0.15) is 0 Å². The summed E-state index contributed by atoms with van der Waals surface area (Å²) in [5.41, 5.74) is 7.56. The van der Waals surface area contributed by atoms with Crippen molar-refractivity contribution in [3.8, 4) is 10.6 Å². The number of benzene rings is 1. The first-order valence-corrected chi connectivity index (χ1v) is 5.21. The second kappa shape index (κ2) is 3.55. The van der Waals surface area contributed by atoms with E-state index < -0.39 is 0 Å². The first kappa shape index (κ1) is 9.43. The highest BCUT2D eigenvalue weighted by Crippen LogP contribution is 2.27. The number of hydrogen-bond acceptors (Lipinski definition) is 4. The SMILES string of the molecule is Cc1cc(Cl)cc(-c2nnc(N)s2)c1. The molecule has 2 rings (SSSR count). The summed E-state index contributed by atoms with van der Waals surface area (Å²) in [4.78, 5) is 0. The third-order valence-electron chi connectivity index (χ3n) is 1.73. The Morgan fingerprint density at radius 3 is 2.64 bits per heavy atom. The van der Waals surface area contributed by atoms with Crippen LogP contribution < -0.4 is 5.73 Å². The fourth-order valence-electron chi connectivity index (χ4n) is 1.21. The maximum Gasteiger partial charge on any atom is 0.203 e. The van der Waals surface area contributed by atoms with Crippen LogP contribution in [-0.2, 0) is 0 Å². The Morgan fingerprint density at radius 2 is 2.07 bits per heavy atom. The van der Waals surface area contributed by atoms with Gasteiger partial charge in [0.2, 0.25) is 5.13 Å². The van der Waals surface area contributed by atoms with E-state index in [-0.39, 0.29) is 0 Å². The van der Waals surface area contributed by atoms with Gasteiger partial charge in [-0.25, -0.2) is 0 Å². The molecule has 2 aromatic rings. The standard InChI is InChI=1S/C9H8ClN3S/c1-5-2-6(4-7(10)3-5)8-12-13-9(11)14-8/h2-4H,1H3,(H2,11,13). The second-order valence-electron chi connectivity index (χ2n) is 2.96. The highest BCUT2D eigenvalue weighted by atomic mass is 35.5. The molecule has 1 aromatic carbocycles. The Labute approximate surface area is 90.5 Å². The zero-order valence-corrected chi connectivity index (χ0v) is 9.06. The summed E-state index contributed by atoms with van der Waals surface area (Å²) in [6.45, 7) is 1.99. The predicted molar refractivity (Wildman–Crippen MR) is 59.5 cm³/mol. The molecule has 14 heavy (non-hydrogen) atoms. The molecular formula is C9H8ClN3S. The van der Waals surface area contributed by atoms with Gasteiger partial charge in [0.15, 0.2) is 0 Å². The van der Waals surface area contributed by atoms with Crippen LogP contribution in [0.1, 0.15) is 5.56 Å². The van der Waals surface area contributed by atoms with Gasteiger partial charge in [-0.05, 0) is 30.7 Å². The minimum absolute atomic E-state index is 0.470. The van der Waals surface area contributed by atoms with Crippen molar-refractivity contribution in [2.45, 2.75) is 6.92 Å². The molecule has 0 aliphatic heterocycles. The van der Waals surface area contributed by atoms with Gasteiger partial charge in [-0.1, -0.05) is 22.9 Å². The summed E-state index contributed by atoms with van der Waals surface area (Å²) in [5, 5.41) is 9.68. The van der Waals surface area contributed by atoms with E-state index >= 15 is 0 Å². The Hall–Kier alpha value is -1.13. The van der Waals surface area contributed by atoms with E-state index in [0.717, 1.165) is 16.1 Å². The molecule has 0 spiro atoms. The van der Waals surface area contributed by atoms with E-state index in [1.165, 1.54) is 11.3 Å². The summed E-state index contributed by atoms with van der Waals surface area (Å²) < 4.78 is 0. The van der Waals surface area contributed by atoms with Crippen LogP contribution >= 0.6 is 22.9 Å². The molecule has 1 heterocycles. The first-order chi connectivity index (χ1) is 6.65. The molecule has 0 unspecified atom stereocenters. The van der Waals surface area contributed by atoms with Crippen molar-refractivity contribution in [1.82, 2.24) is 10.2 Å². The molecule has 0 bridgehead atoms. The molecule has 1 aromatic heterocycles. The van der Waals surface area contributed by atoms with E-state index in [2.05, 4.69) is 10.2 Å². The molecule has 0 atom stereocenters. The van der Waals surface area contributed by atoms with Crippen molar-refractivity contribution in [3.05, 3.63) is 28.8 Å². The summed E-state index contributed by atoms with van der Waals surface area (Å²) in [7, 11) is 0. The third-order valence-corrected chi connectivity index (χ3v) is 2.75. The molecule has 2 N–H and O–H groups in total. The van der Waals surface area contributed by atoms with E-state index in [1.807, 2.05) is 25.1 Å². The molecule has 0 aliphatic carbocycles. The average Bonchev–Trinajstić information content (AvgIpc) is 2.50. The highest BCUT2D eigenvalue weighted by molar-refractivity contribution is 7.18. The van der Waals surface area contributed by atoms with Crippen LogP contribution in [0.25, 0.3) is 10.6 Å². The number of hydrogen-bond donors (Lipinski definition) is 1. The van der Waals surface area contributed by atoms with Gasteiger partial charge in [-0.3, -0.25) is 0 Å². The lowest BCUT2D eigenvalue weighted by molar-refractivity contribution is 1.10. The van der Waals surface area contributed by atoms with Crippen LogP contribution in [0.15, 0.2) is 18.2 Å². The molecule has 0 aliphatic rings. The van der Waals surface area contributed by atoms with Crippen molar-refractivity contribution >= 4 is 28.1 Å². The molecule has 0 amide bonds. The van der Waals surface area contributed by atoms with E-state index in [9.17, 15) is 0 Å². The maximum absolute atomic E-state index is 5.93. The van der Waals surface area contributed by atoms with Crippen molar-refractivity contribution in [2.75, 3.05) is 5.73 Å². The first-order valence-electron chi connectivity index (χ1n) is 4.02. The van der Waals surface area contributed by atoms with Gasteiger partial charge in [-0.15, -0.1) is 10.2 Å². The summed E-state index contributed by atoms with van der Waals surface area (Å²) >= 11 is 7.29. The minimum Gasteiger partial charge on any atom is -0.374 e. The lowest BCUT2D eigenvalue weighted by atomic mass is 10.1. The van der Waals surface area contributed by atoms with Crippen LogP contribution in [-0.4, -0.2) is 10.2 Å². The van der Waals surface area contributed by atoms with Crippen LogP contribution in [0.2, 0.25) is 5.02 Å². The number of aryl methyl sites for hydroxylation is 1. The number of nitrogen functional groups attached to an aromatic ring is 1. The molecule has 0 saturated carbocycles. The van der Waals surface area contributed by atoms with Crippen LogP contribution in [0.5, 0.6) is 0 Å². The Bertz CT molecular complexity index is 447. The summed E-state index contributed by atoms with van der Waals surface area (Å²) in [5.74, 6) is 0. The zero-order chi connectivity index (χ0) is 10.1. The van der Waals surface area contributed by atoms with Crippen LogP contribution in [0.3, 0.4) is 0 Å². The topological polar surface area (TPSA) is 51.8 Å². The number of nitrogens with zero attached hydrogens (tertiary/aromatic N) is 2. The fourth-order valence-corrected chi connectivity index (χ4v) is 2.10. The van der Waals surface area contributed by atoms with Crippen LogP contribution in [0, 0.1) is 6.92 Å². The molecule has 3 nitrogen and oxygen atoms in total. The predicted octanol–water partition coefficient (Wildman–Crippen LogP) is 2.75. The average molecular weight is 226 g/mol. The van der Waals surface area contributed by atoms with Crippen molar-refractivity contribution in [2.24, 2.45) is 0 Å². The molecule has 0 radical (unpaired) electrons. The Kier molecular flexibility index (Phi) is 2.39. The van der Waals surface area contributed by atoms with Crippen molar-refractivity contribution in [1.29, 1.82) is 0 Å². The number of rotatable bonds is 1. The Morgan fingerprint density at radius 1 is 1.29 bits per heavy atom. The maximum atomic E-state index is 5.93. The van der Waals surface area contributed by atoms with Crippen molar-refractivity contribution in [3.63, 3.8) is 0 Å². The zero-order valence-electron chi connectivity index (χ0n) is 7.49. The largest absolute Gasteiger partial charge is 0.374 e. The molecular weight excluding hydrogens is 218 g/mol. The van der Waals surface area contributed by atoms with Gasteiger partial charge in [0.05, 0.1) is 0 Å².